The summed E-state index contributed by atoms with van der Waals surface area (Å²) in [5, 5.41) is 3.58. The van der Waals surface area contributed by atoms with Crippen LogP contribution in [0, 0.1) is 0 Å². The quantitative estimate of drug-likeness (QED) is 0.757. The highest BCUT2D eigenvalue weighted by Gasteiger charge is 2.10. The van der Waals surface area contributed by atoms with E-state index in [1.807, 2.05) is 0 Å². The third-order valence-corrected chi connectivity index (χ3v) is 1.88. The third-order valence-electron chi connectivity index (χ3n) is 1.64. The Hall–Kier alpha value is -1.62. The van der Waals surface area contributed by atoms with Crippen molar-refractivity contribution < 1.29 is 4.52 Å². The van der Waals surface area contributed by atoms with E-state index in [-0.39, 0.29) is 17.3 Å². The number of nitrogens with one attached hydrogen (secondary N) is 1. The summed E-state index contributed by atoms with van der Waals surface area (Å²) in [5.41, 5.74) is 0.0774. The number of aromatic amines is 1. The number of pyridine rings is 1. The molecule has 1 N–H and O–H groups in total. The average molecular weight is 212 g/mol. The van der Waals surface area contributed by atoms with Gasteiger partial charge in [-0.2, -0.15) is 4.98 Å². The maximum Gasteiger partial charge on any atom is 0.263 e. The minimum atomic E-state index is -0.266. The van der Waals surface area contributed by atoms with Gasteiger partial charge in [0.2, 0.25) is 0 Å². The number of rotatable bonds is 2. The second-order valence-electron chi connectivity index (χ2n) is 2.56. The van der Waals surface area contributed by atoms with Crippen molar-refractivity contribution in [3.63, 3.8) is 0 Å². The Balaban J connectivity index is 2.50. The highest BCUT2D eigenvalue weighted by atomic mass is 35.5. The SMILES string of the molecule is O=c1[nH]cccc1-c1nc(CCl)no1. The zero-order valence-corrected chi connectivity index (χ0v) is 7.78. The fraction of sp³-hybridized carbons (Fsp3) is 0.125. The normalized spacial score (nSPS) is 10.4. The van der Waals surface area contributed by atoms with Crippen LogP contribution in [0.25, 0.3) is 11.5 Å². The topological polar surface area (TPSA) is 71.8 Å². The molecule has 2 aromatic rings. The van der Waals surface area contributed by atoms with Crippen LogP contribution < -0.4 is 5.56 Å². The van der Waals surface area contributed by atoms with Crippen molar-refractivity contribution in [2.45, 2.75) is 5.88 Å². The number of hydrogen-bond acceptors (Lipinski definition) is 4. The first-order chi connectivity index (χ1) is 6.81. The van der Waals surface area contributed by atoms with Crippen LogP contribution >= 0.6 is 11.6 Å². The van der Waals surface area contributed by atoms with Gasteiger partial charge in [0.15, 0.2) is 5.82 Å². The Kier molecular flexibility index (Phi) is 2.32. The first-order valence-corrected chi connectivity index (χ1v) is 4.41. The van der Waals surface area contributed by atoms with Crippen LogP contribution in [0.15, 0.2) is 27.6 Å². The number of hydrogen-bond donors (Lipinski definition) is 1. The number of H-pyrrole nitrogens is 1. The van der Waals surface area contributed by atoms with E-state index in [0.717, 1.165) is 0 Å². The molecule has 0 aliphatic heterocycles. The molecular weight excluding hydrogens is 206 g/mol. The molecule has 0 unspecified atom stereocenters. The molecule has 0 fully saturated rings. The molecule has 5 nitrogen and oxygen atoms in total. The van der Waals surface area contributed by atoms with Gasteiger partial charge >= 0.3 is 0 Å². The van der Waals surface area contributed by atoms with E-state index >= 15 is 0 Å². The Labute approximate surface area is 83.7 Å². The van der Waals surface area contributed by atoms with Gasteiger partial charge < -0.3 is 9.51 Å². The summed E-state index contributed by atoms with van der Waals surface area (Å²) < 4.78 is 4.86. The summed E-state index contributed by atoms with van der Waals surface area (Å²) in [6.07, 6.45) is 1.53. The van der Waals surface area contributed by atoms with Gasteiger partial charge in [-0.15, -0.1) is 11.6 Å². The molecule has 0 radical (unpaired) electrons. The zero-order valence-electron chi connectivity index (χ0n) is 7.03. The predicted molar refractivity (Wildman–Crippen MR) is 49.9 cm³/mol. The molecular formula is C8H6ClN3O2. The molecule has 0 saturated carbocycles. The Bertz CT molecular complexity index is 491. The molecule has 72 valence electrons. The highest BCUT2D eigenvalue weighted by molar-refractivity contribution is 6.16. The average Bonchev–Trinajstić information content (AvgIpc) is 2.67. The molecule has 0 amide bonds. The van der Waals surface area contributed by atoms with Crippen molar-refractivity contribution in [2.75, 3.05) is 0 Å². The summed E-state index contributed by atoms with van der Waals surface area (Å²) in [7, 11) is 0. The summed E-state index contributed by atoms with van der Waals surface area (Å²) >= 11 is 5.50. The molecule has 0 bridgehead atoms. The van der Waals surface area contributed by atoms with Gasteiger partial charge in [0.05, 0.1) is 5.88 Å². The van der Waals surface area contributed by atoms with Crippen molar-refractivity contribution in [1.29, 1.82) is 0 Å². The van der Waals surface area contributed by atoms with Crippen LogP contribution in [-0.4, -0.2) is 15.1 Å². The predicted octanol–water partition coefficient (Wildman–Crippen LogP) is 1.16. The first kappa shape index (κ1) is 8.96. The number of aromatic nitrogens is 3. The number of halogens is 1. The van der Waals surface area contributed by atoms with Gasteiger partial charge in [0.25, 0.3) is 11.4 Å². The maximum absolute atomic E-state index is 11.3. The molecule has 0 saturated heterocycles. The van der Waals surface area contributed by atoms with E-state index in [1.54, 1.807) is 12.1 Å². The first-order valence-electron chi connectivity index (χ1n) is 3.88. The fourth-order valence-corrected chi connectivity index (χ4v) is 1.12. The summed E-state index contributed by atoms with van der Waals surface area (Å²) in [6.45, 7) is 0. The van der Waals surface area contributed by atoms with Crippen molar-refractivity contribution in [3.05, 3.63) is 34.5 Å². The summed E-state index contributed by atoms with van der Waals surface area (Å²) in [6, 6.07) is 3.28. The van der Waals surface area contributed by atoms with Crippen molar-refractivity contribution in [1.82, 2.24) is 15.1 Å². The Morgan fingerprint density at radius 2 is 2.43 bits per heavy atom. The molecule has 0 atom stereocenters. The molecule has 0 spiro atoms. The lowest BCUT2D eigenvalue weighted by Crippen LogP contribution is -2.06. The van der Waals surface area contributed by atoms with Crippen LogP contribution in [0.2, 0.25) is 0 Å². The van der Waals surface area contributed by atoms with Gasteiger partial charge in [-0.1, -0.05) is 5.16 Å². The second kappa shape index (κ2) is 3.63. The molecule has 0 aliphatic carbocycles. The largest absolute Gasteiger partial charge is 0.334 e. The fourth-order valence-electron chi connectivity index (χ4n) is 1.01. The Morgan fingerprint density at radius 3 is 3.07 bits per heavy atom. The lowest BCUT2D eigenvalue weighted by molar-refractivity contribution is 0.424. The summed E-state index contributed by atoms with van der Waals surface area (Å²) in [4.78, 5) is 17.7. The van der Waals surface area contributed by atoms with Gasteiger partial charge in [-0.3, -0.25) is 4.79 Å². The van der Waals surface area contributed by atoms with Crippen molar-refractivity contribution in [3.8, 4) is 11.5 Å². The van der Waals surface area contributed by atoms with Crippen LogP contribution in [0.5, 0.6) is 0 Å². The Morgan fingerprint density at radius 1 is 1.57 bits per heavy atom. The summed E-state index contributed by atoms with van der Waals surface area (Å²) in [5.74, 6) is 0.709. The molecule has 2 rings (SSSR count). The minimum absolute atomic E-state index is 0.161. The molecule has 0 aromatic carbocycles. The second-order valence-corrected chi connectivity index (χ2v) is 2.83. The van der Waals surface area contributed by atoms with Crippen molar-refractivity contribution in [2.24, 2.45) is 0 Å². The number of alkyl halides is 1. The van der Waals surface area contributed by atoms with Gasteiger partial charge in [-0.05, 0) is 12.1 Å². The molecule has 14 heavy (non-hydrogen) atoms. The number of nitrogens with zero attached hydrogens (tertiary/aromatic N) is 2. The monoisotopic (exact) mass is 211 g/mol. The van der Waals surface area contributed by atoms with Crippen LogP contribution in [0.3, 0.4) is 0 Å². The third kappa shape index (κ3) is 1.54. The van der Waals surface area contributed by atoms with Crippen LogP contribution in [-0.2, 0) is 5.88 Å². The highest BCUT2D eigenvalue weighted by Crippen LogP contribution is 2.11. The van der Waals surface area contributed by atoms with E-state index in [1.165, 1.54) is 6.20 Å². The smallest absolute Gasteiger partial charge is 0.263 e. The lowest BCUT2D eigenvalue weighted by Gasteiger charge is -1.89. The van der Waals surface area contributed by atoms with Crippen LogP contribution in [0.4, 0.5) is 0 Å². The molecule has 6 heteroatoms. The van der Waals surface area contributed by atoms with E-state index in [4.69, 9.17) is 16.1 Å². The zero-order chi connectivity index (χ0) is 9.97. The minimum Gasteiger partial charge on any atom is -0.334 e. The van der Waals surface area contributed by atoms with E-state index in [9.17, 15) is 4.79 Å². The molecule has 0 aliphatic rings. The molecule has 2 heterocycles. The van der Waals surface area contributed by atoms with E-state index < -0.39 is 0 Å². The van der Waals surface area contributed by atoms with E-state index in [2.05, 4.69) is 15.1 Å². The lowest BCUT2D eigenvalue weighted by atomic mass is 10.3. The van der Waals surface area contributed by atoms with Crippen molar-refractivity contribution >= 4 is 11.6 Å². The standard InChI is InChI=1S/C8H6ClN3O2/c9-4-6-11-8(14-12-6)5-2-1-3-10-7(5)13/h1-3H,4H2,(H,10,13). The van der Waals surface area contributed by atoms with Gasteiger partial charge in [0, 0.05) is 6.20 Å². The van der Waals surface area contributed by atoms with E-state index in [0.29, 0.717) is 11.4 Å². The van der Waals surface area contributed by atoms with Crippen LogP contribution in [0.1, 0.15) is 5.82 Å². The van der Waals surface area contributed by atoms with Gasteiger partial charge in [0.1, 0.15) is 5.56 Å². The maximum atomic E-state index is 11.3. The molecule has 2 aromatic heterocycles. The van der Waals surface area contributed by atoms with Gasteiger partial charge in [-0.25, -0.2) is 0 Å².